The third-order valence-corrected chi connectivity index (χ3v) is 14.0. The van der Waals surface area contributed by atoms with Crippen LogP contribution in [0.15, 0.2) is 138 Å². The molecule has 6 nitrogen and oxygen atoms in total. The molecule has 5 aromatic carbocycles. The molecule has 0 spiro atoms. The monoisotopic (exact) mass is 1050 g/mol. The first-order valence-corrected chi connectivity index (χ1v) is 25.8. The molecular formula is C57H55IrN5OSi-2. The summed E-state index contributed by atoms with van der Waals surface area (Å²) in [5, 5.41) is 4.54. The molecule has 0 bridgehead atoms. The van der Waals surface area contributed by atoms with Gasteiger partial charge in [-0.15, -0.1) is 53.6 Å². The van der Waals surface area contributed by atoms with E-state index in [1.54, 1.807) is 0 Å². The number of aromatic nitrogens is 5. The zero-order valence-electron chi connectivity index (χ0n) is 39.0. The zero-order valence-corrected chi connectivity index (χ0v) is 42.4. The van der Waals surface area contributed by atoms with Gasteiger partial charge in [-0.05, 0) is 77.7 Å². The molecule has 0 saturated heterocycles. The molecule has 0 N–H and O–H groups in total. The van der Waals surface area contributed by atoms with Gasteiger partial charge in [-0.25, -0.2) is 4.98 Å². The van der Waals surface area contributed by atoms with Gasteiger partial charge in [0.05, 0.1) is 36.0 Å². The Kier molecular flexibility index (Phi) is 12.7. The minimum absolute atomic E-state index is 0. The Morgan fingerprint density at radius 2 is 1.45 bits per heavy atom. The standard InChI is InChI=1S/C38H29N4O.C19H26NSi.Ir/c1-23-13-14-26-17-21-31-34(33(26)39-23)42(27-18-15-25(16-19-27)24-9-6-5-7-10-24)36(40-31)30-12-8-11-28-29-20-22-32(38(2,3)4)41-37(29)43-35(28)30;1-14(2)11-16-12-18(17-10-8-7-9-15(17)3)20-13-19(16)21(4,5)6;/h5-11,13-22H,1-4H3;7-9,12-14H,11H2,1-6H3;/q2*-1;. The van der Waals surface area contributed by atoms with Crippen molar-refractivity contribution in [3.05, 3.63) is 168 Å². The van der Waals surface area contributed by atoms with Gasteiger partial charge in [0.25, 0.3) is 0 Å². The van der Waals surface area contributed by atoms with Crippen LogP contribution in [0.4, 0.5) is 0 Å². The molecule has 8 heteroatoms. The molecule has 0 unspecified atom stereocenters. The van der Waals surface area contributed by atoms with Gasteiger partial charge < -0.3 is 14.0 Å². The van der Waals surface area contributed by atoms with Gasteiger partial charge in [-0.1, -0.05) is 138 Å². The van der Waals surface area contributed by atoms with Crippen molar-refractivity contribution >= 4 is 57.3 Å². The number of hydrogen-bond acceptors (Lipinski definition) is 5. The molecule has 5 aromatic heterocycles. The van der Waals surface area contributed by atoms with Gasteiger partial charge in [-0.3, -0.25) is 9.97 Å². The van der Waals surface area contributed by atoms with Crippen molar-refractivity contribution in [3.8, 4) is 39.5 Å². The molecular weight excluding hydrogens is 991 g/mol. The van der Waals surface area contributed by atoms with Crippen molar-refractivity contribution in [1.82, 2.24) is 24.5 Å². The fraction of sp³-hybridized carbons (Fsp3) is 0.228. The summed E-state index contributed by atoms with van der Waals surface area (Å²) in [6.07, 6.45) is 3.25. The van der Waals surface area contributed by atoms with E-state index < -0.39 is 8.07 Å². The largest absolute Gasteiger partial charge is 0.486 e. The average molecular weight is 1050 g/mol. The van der Waals surface area contributed by atoms with Gasteiger partial charge in [0.15, 0.2) is 0 Å². The van der Waals surface area contributed by atoms with Crippen LogP contribution in [0, 0.1) is 31.9 Å². The van der Waals surface area contributed by atoms with E-state index in [-0.39, 0.29) is 25.5 Å². The minimum Gasteiger partial charge on any atom is -0.486 e. The summed E-state index contributed by atoms with van der Waals surface area (Å²) in [6, 6.07) is 50.8. The summed E-state index contributed by atoms with van der Waals surface area (Å²) in [4.78, 5) is 19.9. The fourth-order valence-electron chi connectivity index (χ4n) is 8.61. The number of pyridine rings is 3. The molecule has 0 aliphatic rings. The van der Waals surface area contributed by atoms with Crippen molar-refractivity contribution in [1.29, 1.82) is 0 Å². The molecule has 0 aliphatic heterocycles. The maximum atomic E-state index is 6.53. The summed E-state index contributed by atoms with van der Waals surface area (Å²) in [6.45, 7) is 22.4. The Balaban J connectivity index is 0.000000222. The molecule has 10 aromatic rings. The molecule has 5 heterocycles. The molecule has 0 saturated carbocycles. The van der Waals surface area contributed by atoms with Crippen molar-refractivity contribution in [3.63, 3.8) is 0 Å². The summed E-state index contributed by atoms with van der Waals surface area (Å²) >= 11 is 0. The first-order chi connectivity index (χ1) is 30.6. The number of rotatable bonds is 7. The molecule has 1 radical (unpaired) electrons. The Morgan fingerprint density at radius 1 is 0.723 bits per heavy atom. The molecule has 0 fully saturated rings. The number of benzene rings is 5. The Morgan fingerprint density at radius 3 is 2.15 bits per heavy atom. The van der Waals surface area contributed by atoms with Crippen molar-refractivity contribution in [2.45, 2.75) is 79.9 Å². The predicted octanol–water partition coefficient (Wildman–Crippen LogP) is 14.2. The normalized spacial score (nSPS) is 11.9. The van der Waals surface area contributed by atoms with E-state index in [0.717, 1.165) is 90.0 Å². The van der Waals surface area contributed by atoms with E-state index >= 15 is 0 Å². The second kappa shape index (κ2) is 18.1. The van der Waals surface area contributed by atoms with Crippen molar-refractivity contribution < 1.29 is 24.5 Å². The number of aryl methyl sites for hydroxylation is 2. The van der Waals surface area contributed by atoms with E-state index in [1.165, 1.54) is 21.9 Å². The van der Waals surface area contributed by atoms with Crippen LogP contribution >= 0.6 is 0 Å². The fourth-order valence-corrected chi connectivity index (χ4v) is 10.2. The van der Waals surface area contributed by atoms with Crippen LogP contribution in [0.1, 0.15) is 57.1 Å². The number of nitrogens with zero attached hydrogens (tertiary/aromatic N) is 5. The van der Waals surface area contributed by atoms with Crippen LogP contribution < -0.4 is 5.19 Å². The maximum absolute atomic E-state index is 6.53. The smallest absolute Gasteiger partial charge is 0.216 e. The first-order valence-electron chi connectivity index (χ1n) is 22.3. The van der Waals surface area contributed by atoms with Crippen molar-refractivity contribution in [2.75, 3.05) is 0 Å². The Hall–Kier alpha value is -6.05. The van der Waals surface area contributed by atoms with Gasteiger partial charge >= 0.3 is 0 Å². The molecule has 0 amide bonds. The summed E-state index contributed by atoms with van der Waals surface area (Å²) in [5.41, 5.74) is 15.0. The first kappa shape index (κ1) is 45.5. The van der Waals surface area contributed by atoms with Crippen LogP contribution in [-0.2, 0) is 31.9 Å². The number of furan rings is 1. The van der Waals surface area contributed by atoms with Gasteiger partial charge in [0.2, 0.25) is 5.71 Å². The second-order valence-electron chi connectivity index (χ2n) is 19.4. The van der Waals surface area contributed by atoms with Crippen LogP contribution in [-0.4, -0.2) is 32.6 Å². The maximum Gasteiger partial charge on any atom is 0.216 e. The molecule has 65 heavy (non-hydrogen) atoms. The molecule has 0 atom stereocenters. The topological polar surface area (TPSA) is 69.6 Å². The van der Waals surface area contributed by atoms with E-state index in [1.807, 2.05) is 43.3 Å². The number of hydrogen-bond donors (Lipinski definition) is 0. The third kappa shape index (κ3) is 9.13. The quantitative estimate of drug-likeness (QED) is 0.117. The van der Waals surface area contributed by atoms with E-state index in [9.17, 15) is 0 Å². The molecule has 0 aliphatic carbocycles. The van der Waals surface area contributed by atoms with Crippen LogP contribution in [0.3, 0.4) is 0 Å². The van der Waals surface area contributed by atoms with Gasteiger partial charge in [0, 0.05) is 59.6 Å². The third-order valence-electron chi connectivity index (χ3n) is 11.9. The zero-order chi connectivity index (χ0) is 44.9. The van der Waals surface area contributed by atoms with E-state index in [2.05, 4.69) is 175 Å². The Labute approximate surface area is 397 Å². The van der Waals surface area contributed by atoms with Gasteiger partial charge in [-0.2, -0.15) is 0 Å². The van der Waals surface area contributed by atoms with Crippen LogP contribution in [0.2, 0.25) is 19.6 Å². The summed E-state index contributed by atoms with van der Waals surface area (Å²) < 4.78 is 8.73. The average Bonchev–Trinajstić information content (AvgIpc) is 3.85. The van der Waals surface area contributed by atoms with E-state index in [4.69, 9.17) is 24.4 Å². The second-order valence-corrected chi connectivity index (χ2v) is 24.5. The number of imidazole rings is 1. The predicted molar refractivity (Wildman–Crippen MR) is 269 cm³/mol. The molecule has 329 valence electrons. The van der Waals surface area contributed by atoms with Crippen LogP contribution in [0.25, 0.3) is 83.5 Å². The van der Waals surface area contributed by atoms with Crippen LogP contribution in [0.5, 0.6) is 0 Å². The summed E-state index contributed by atoms with van der Waals surface area (Å²) in [5.74, 6) is 1.41. The number of fused-ring (bicyclic) bond motifs is 6. The van der Waals surface area contributed by atoms with E-state index in [0.29, 0.717) is 11.6 Å². The SMILES string of the molecule is Cc1ccc2ccc3nc(-c4[c-]ccc5c4oc4nc(C(C)(C)C)ccc45)n(-c4ccc(-c5ccccc5)cc4)c3c2n1.Cc1ccc[c-]c1-c1cc(CC(C)C)c([Si](C)(C)C)cn1.[Ir]. The minimum atomic E-state index is -1.35. The summed E-state index contributed by atoms with van der Waals surface area (Å²) in [7, 11) is -1.35. The Bertz CT molecular complexity index is 3320. The van der Waals surface area contributed by atoms with Crippen molar-refractivity contribution in [2.24, 2.45) is 5.92 Å². The molecule has 10 rings (SSSR count). The van der Waals surface area contributed by atoms with Gasteiger partial charge in [0.1, 0.15) is 0 Å².